The van der Waals surface area contributed by atoms with E-state index in [9.17, 15) is 0 Å². The molecule has 1 atom stereocenters. The summed E-state index contributed by atoms with van der Waals surface area (Å²) in [6.45, 7) is 4.10. The first-order valence-corrected chi connectivity index (χ1v) is 4.00. The molecule has 1 unspecified atom stereocenters. The summed E-state index contributed by atoms with van der Waals surface area (Å²) >= 11 is 5.89. The highest BCUT2D eigenvalue weighted by Crippen LogP contribution is 2.30. The van der Waals surface area contributed by atoms with Gasteiger partial charge in [-0.2, -0.15) is 5.26 Å². The average molecular weight is 168 g/mol. The third kappa shape index (κ3) is 1.64. The minimum Gasteiger partial charge on any atom is -0.193 e. The first kappa shape index (κ1) is 8.36. The number of allylic oxidation sites excluding steroid dienone is 4. The fourth-order valence-corrected chi connectivity index (χ4v) is 1.44. The second kappa shape index (κ2) is 3.11. The van der Waals surface area contributed by atoms with Gasteiger partial charge < -0.3 is 0 Å². The summed E-state index contributed by atoms with van der Waals surface area (Å²) in [6.07, 6.45) is 2.59. The summed E-state index contributed by atoms with van der Waals surface area (Å²) in [5.41, 5.74) is 1.97. The van der Waals surface area contributed by atoms with Crippen LogP contribution in [0.2, 0.25) is 0 Å². The zero-order chi connectivity index (χ0) is 8.43. The summed E-state index contributed by atoms with van der Waals surface area (Å²) < 4.78 is 0. The van der Waals surface area contributed by atoms with E-state index in [2.05, 4.69) is 13.0 Å². The number of hydrogen-bond donors (Lipinski definition) is 0. The van der Waals surface area contributed by atoms with Gasteiger partial charge in [0.05, 0.1) is 6.07 Å². The van der Waals surface area contributed by atoms with Crippen LogP contribution in [0.15, 0.2) is 22.3 Å². The van der Waals surface area contributed by atoms with Gasteiger partial charge in [0.1, 0.15) is 0 Å². The lowest BCUT2D eigenvalue weighted by Gasteiger charge is -2.17. The Bertz CT molecular complexity index is 268. The molecule has 0 fully saturated rings. The van der Waals surface area contributed by atoms with Crippen molar-refractivity contribution >= 4 is 11.6 Å². The van der Waals surface area contributed by atoms with Gasteiger partial charge in [0.15, 0.2) is 0 Å². The van der Waals surface area contributed by atoms with Crippen molar-refractivity contribution in [1.82, 2.24) is 0 Å². The van der Waals surface area contributed by atoms with E-state index in [-0.39, 0.29) is 0 Å². The van der Waals surface area contributed by atoms with Crippen LogP contribution in [-0.4, -0.2) is 0 Å². The Hall–Kier alpha value is -0.740. The van der Waals surface area contributed by atoms with E-state index in [4.69, 9.17) is 16.9 Å². The molecule has 0 aliphatic heterocycles. The third-order valence-corrected chi connectivity index (χ3v) is 2.49. The van der Waals surface area contributed by atoms with Gasteiger partial charge in [-0.3, -0.25) is 0 Å². The van der Waals surface area contributed by atoms with Crippen molar-refractivity contribution in [2.75, 3.05) is 0 Å². The van der Waals surface area contributed by atoms with Crippen molar-refractivity contribution in [2.24, 2.45) is 5.92 Å². The van der Waals surface area contributed by atoms with Crippen molar-refractivity contribution in [2.45, 2.75) is 20.3 Å². The molecule has 0 saturated heterocycles. The molecule has 1 aliphatic rings. The van der Waals surface area contributed by atoms with Crippen molar-refractivity contribution in [1.29, 1.82) is 5.26 Å². The van der Waals surface area contributed by atoms with Crippen molar-refractivity contribution < 1.29 is 0 Å². The van der Waals surface area contributed by atoms with Gasteiger partial charge >= 0.3 is 0 Å². The Morgan fingerprint density at radius 1 is 1.73 bits per heavy atom. The van der Waals surface area contributed by atoms with E-state index in [1.54, 1.807) is 6.08 Å². The molecule has 1 nitrogen and oxygen atoms in total. The molecule has 1 rings (SSSR count). The predicted molar refractivity (Wildman–Crippen MR) is 46.0 cm³/mol. The van der Waals surface area contributed by atoms with Gasteiger partial charge in [-0.25, -0.2) is 0 Å². The number of hydrogen-bond acceptors (Lipinski definition) is 1. The fraction of sp³-hybridized carbons (Fsp3) is 0.444. The van der Waals surface area contributed by atoms with Gasteiger partial charge in [-0.15, -0.1) is 0 Å². The summed E-state index contributed by atoms with van der Waals surface area (Å²) in [4.78, 5) is 0. The van der Waals surface area contributed by atoms with Crippen LogP contribution in [0.25, 0.3) is 0 Å². The molecule has 0 heterocycles. The lowest BCUT2D eigenvalue weighted by atomic mass is 9.90. The summed E-state index contributed by atoms with van der Waals surface area (Å²) in [5, 5.41) is 9.35. The van der Waals surface area contributed by atoms with Crippen LogP contribution < -0.4 is 0 Å². The summed E-state index contributed by atoms with van der Waals surface area (Å²) in [6, 6.07) is 2.13. The molecule has 0 spiro atoms. The Morgan fingerprint density at radius 2 is 2.36 bits per heavy atom. The maximum absolute atomic E-state index is 8.61. The van der Waals surface area contributed by atoms with Gasteiger partial charge in [0.2, 0.25) is 0 Å². The fourth-order valence-electron chi connectivity index (χ4n) is 1.12. The van der Waals surface area contributed by atoms with E-state index in [0.29, 0.717) is 5.92 Å². The third-order valence-electron chi connectivity index (χ3n) is 2.09. The summed E-state index contributed by atoms with van der Waals surface area (Å²) in [5.74, 6) is 0.419. The van der Waals surface area contributed by atoms with Gasteiger partial charge in [0.25, 0.3) is 0 Å². The average Bonchev–Trinajstić information content (AvgIpc) is 1.99. The van der Waals surface area contributed by atoms with Crippen molar-refractivity contribution in [3.63, 3.8) is 0 Å². The quantitative estimate of drug-likeness (QED) is 0.544. The molecule has 2 heteroatoms. The second-order valence-electron chi connectivity index (χ2n) is 2.92. The molecule has 0 aromatic rings. The molecule has 11 heavy (non-hydrogen) atoms. The van der Waals surface area contributed by atoms with E-state index in [0.717, 1.165) is 17.0 Å². The largest absolute Gasteiger partial charge is 0.193 e. The first-order chi connectivity index (χ1) is 5.15. The van der Waals surface area contributed by atoms with E-state index < -0.39 is 0 Å². The molecule has 0 radical (unpaired) electrons. The number of nitriles is 1. The molecule has 0 aromatic carbocycles. The topological polar surface area (TPSA) is 23.8 Å². The first-order valence-electron chi connectivity index (χ1n) is 3.62. The molecule has 1 aliphatic carbocycles. The molecular formula is C9H10ClN. The Kier molecular flexibility index (Phi) is 2.36. The molecule has 0 bridgehead atoms. The maximum atomic E-state index is 8.61. The zero-order valence-electron chi connectivity index (χ0n) is 6.69. The minimum absolute atomic E-state index is 0.419. The second-order valence-corrected chi connectivity index (χ2v) is 3.32. The van der Waals surface area contributed by atoms with Gasteiger partial charge in [-0.05, 0) is 25.3 Å². The van der Waals surface area contributed by atoms with Crippen LogP contribution in [0, 0.1) is 17.2 Å². The molecule has 0 amide bonds. The van der Waals surface area contributed by atoms with Crippen LogP contribution in [0.1, 0.15) is 20.3 Å². The lowest BCUT2D eigenvalue weighted by Crippen LogP contribution is -2.03. The minimum atomic E-state index is 0.419. The molecule has 0 saturated carbocycles. The zero-order valence-corrected chi connectivity index (χ0v) is 7.44. The van der Waals surface area contributed by atoms with E-state index >= 15 is 0 Å². The van der Waals surface area contributed by atoms with Gasteiger partial charge in [0, 0.05) is 10.6 Å². The van der Waals surface area contributed by atoms with Crippen LogP contribution in [-0.2, 0) is 0 Å². The van der Waals surface area contributed by atoms with Gasteiger partial charge in [-0.1, -0.05) is 24.1 Å². The standard InChI is InChI=1S/C9H10ClN/c1-6-3-8(5-11)4-9(10)7(6)2/h4,6H,3H2,1-2H3. The van der Waals surface area contributed by atoms with E-state index in [1.807, 2.05) is 6.92 Å². The van der Waals surface area contributed by atoms with Crippen molar-refractivity contribution in [3.8, 4) is 6.07 Å². The predicted octanol–water partition coefficient (Wildman–Crippen LogP) is 2.99. The number of nitrogens with zero attached hydrogens (tertiary/aromatic N) is 1. The molecule has 58 valence electrons. The van der Waals surface area contributed by atoms with Crippen LogP contribution in [0.5, 0.6) is 0 Å². The molecule has 0 aromatic heterocycles. The molecular weight excluding hydrogens is 158 g/mol. The summed E-state index contributed by atoms with van der Waals surface area (Å²) in [7, 11) is 0. The number of rotatable bonds is 0. The van der Waals surface area contributed by atoms with Crippen molar-refractivity contribution in [3.05, 3.63) is 22.3 Å². The Morgan fingerprint density at radius 3 is 2.82 bits per heavy atom. The van der Waals surface area contributed by atoms with Crippen LogP contribution in [0.4, 0.5) is 0 Å². The van der Waals surface area contributed by atoms with E-state index in [1.165, 1.54) is 5.57 Å². The maximum Gasteiger partial charge on any atom is 0.0947 e. The Balaban J connectivity index is 2.98. The number of halogens is 1. The Labute approximate surface area is 72.0 Å². The normalized spacial score (nSPS) is 24.5. The van der Waals surface area contributed by atoms with Crippen LogP contribution >= 0.6 is 11.6 Å². The smallest absolute Gasteiger partial charge is 0.0947 e. The van der Waals surface area contributed by atoms with Crippen LogP contribution in [0.3, 0.4) is 0 Å². The lowest BCUT2D eigenvalue weighted by molar-refractivity contribution is 0.670. The highest BCUT2D eigenvalue weighted by atomic mass is 35.5. The highest BCUT2D eigenvalue weighted by Gasteiger charge is 2.15. The SMILES string of the molecule is CC1=C(Cl)C=C(C#N)CC1C. The highest BCUT2D eigenvalue weighted by molar-refractivity contribution is 6.31. The monoisotopic (exact) mass is 167 g/mol. The molecule has 0 N–H and O–H groups in total.